The Bertz CT molecular complexity index is 514. The largest absolute Gasteiger partial charge is 0.379 e. The smallest absolute Gasteiger partial charge is 0.107 e. The van der Waals surface area contributed by atoms with Crippen molar-refractivity contribution in [3.8, 4) is 0 Å². The van der Waals surface area contributed by atoms with Crippen LogP contribution >= 0.6 is 11.3 Å². The Balaban J connectivity index is 1.35. The first kappa shape index (κ1) is 13.9. The average molecular weight is 318 g/mol. The van der Waals surface area contributed by atoms with E-state index >= 15 is 0 Å². The first-order chi connectivity index (χ1) is 10.8. The van der Waals surface area contributed by atoms with Crippen LogP contribution in [0, 0.1) is 17.8 Å². The molecule has 0 amide bonds. The van der Waals surface area contributed by atoms with E-state index in [1.54, 1.807) is 0 Å². The molecular weight excluding hydrogens is 292 g/mol. The fraction of sp³-hybridized carbons (Fsp3) is 0.833. The van der Waals surface area contributed by atoms with Gasteiger partial charge in [-0.25, -0.2) is 4.98 Å². The van der Waals surface area contributed by atoms with Crippen molar-refractivity contribution < 1.29 is 4.74 Å². The van der Waals surface area contributed by atoms with E-state index in [0.717, 1.165) is 50.6 Å². The van der Waals surface area contributed by atoms with Gasteiger partial charge in [0.25, 0.3) is 0 Å². The van der Waals surface area contributed by atoms with Gasteiger partial charge in [0, 0.05) is 23.9 Å². The second-order valence-corrected chi connectivity index (χ2v) is 9.16. The lowest BCUT2D eigenvalue weighted by molar-refractivity contribution is -0.00711. The van der Waals surface area contributed by atoms with E-state index in [0.29, 0.717) is 5.41 Å². The Labute approximate surface area is 137 Å². The summed E-state index contributed by atoms with van der Waals surface area (Å²) in [6.45, 7) is 4.92. The molecule has 5 aliphatic rings. The van der Waals surface area contributed by atoms with Gasteiger partial charge in [-0.15, -0.1) is 11.3 Å². The fourth-order valence-corrected chi connectivity index (χ4v) is 6.96. The molecular formula is C18H26N2OS. The summed E-state index contributed by atoms with van der Waals surface area (Å²) in [6.07, 6.45) is 8.84. The van der Waals surface area contributed by atoms with Crippen molar-refractivity contribution in [2.45, 2.75) is 50.5 Å². The van der Waals surface area contributed by atoms with Crippen LogP contribution in [0.15, 0.2) is 5.38 Å². The number of rotatable bonds is 3. The molecule has 2 heterocycles. The maximum atomic E-state index is 5.45. The number of hydrogen-bond donors (Lipinski definition) is 0. The molecule has 120 valence electrons. The number of morpholine rings is 1. The van der Waals surface area contributed by atoms with Crippen molar-refractivity contribution >= 4 is 11.3 Å². The third-order valence-electron chi connectivity index (χ3n) is 6.60. The van der Waals surface area contributed by atoms with Crippen LogP contribution in [0.25, 0.3) is 0 Å². The number of thiazole rings is 1. The number of nitrogens with zero attached hydrogens (tertiary/aromatic N) is 2. The monoisotopic (exact) mass is 318 g/mol. The van der Waals surface area contributed by atoms with Crippen LogP contribution in [0.1, 0.15) is 49.2 Å². The molecule has 1 aromatic rings. The van der Waals surface area contributed by atoms with Crippen molar-refractivity contribution in [2.24, 2.45) is 17.8 Å². The average Bonchev–Trinajstić information content (AvgIpc) is 2.96. The summed E-state index contributed by atoms with van der Waals surface area (Å²) in [5.74, 6) is 3.03. The van der Waals surface area contributed by atoms with Gasteiger partial charge < -0.3 is 4.74 Å². The molecule has 4 heteroatoms. The van der Waals surface area contributed by atoms with Crippen molar-refractivity contribution in [2.75, 3.05) is 26.3 Å². The molecule has 3 nitrogen and oxygen atoms in total. The van der Waals surface area contributed by atoms with Crippen molar-refractivity contribution in [1.29, 1.82) is 0 Å². The van der Waals surface area contributed by atoms with E-state index in [1.165, 1.54) is 49.2 Å². The molecule has 4 bridgehead atoms. The minimum absolute atomic E-state index is 0.467. The Morgan fingerprint density at radius 2 is 1.73 bits per heavy atom. The van der Waals surface area contributed by atoms with Gasteiger partial charge in [-0.3, -0.25) is 4.90 Å². The van der Waals surface area contributed by atoms with Crippen LogP contribution in [-0.2, 0) is 16.7 Å². The Morgan fingerprint density at radius 1 is 1.09 bits per heavy atom. The Kier molecular flexibility index (Phi) is 3.35. The predicted molar refractivity (Wildman–Crippen MR) is 88.1 cm³/mol. The highest BCUT2D eigenvalue weighted by molar-refractivity contribution is 7.09. The zero-order valence-corrected chi connectivity index (χ0v) is 14.1. The summed E-state index contributed by atoms with van der Waals surface area (Å²) in [6, 6.07) is 0. The van der Waals surface area contributed by atoms with E-state index in [4.69, 9.17) is 9.72 Å². The van der Waals surface area contributed by atoms with Crippen LogP contribution in [0.5, 0.6) is 0 Å². The molecule has 1 aromatic heterocycles. The molecule has 0 unspecified atom stereocenters. The maximum Gasteiger partial charge on any atom is 0.107 e. The summed E-state index contributed by atoms with van der Waals surface area (Å²) in [5, 5.41) is 3.73. The van der Waals surface area contributed by atoms with Gasteiger partial charge in [-0.05, 0) is 56.3 Å². The van der Waals surface area contributed by atoms with Gasteiger partial charge in [0.05, 0.1) is 25.5 Å². The van der Waals surface area contributed by atoms with Gasteiger partial charge in [0.15, 0.2) is 0 Å². The molecule has 0 radical (unpaired) electrons. The molecule has 1 saturated heterocycles. The zero-order chi connectivity index (χ0) is 14.6. The molecule has 4 aliphatic carbocycles. The Hall–Kier alpha value is -0.450. The quantitative estimate of drug-likeness (QED) is 0.853. The highest BCUT2D eigenvalue weighted by Gasteiger charge is 2.52. The van der Waals surface area contributed by atoms with Gasteiger partial charge in [-0.1, -0.05) is 0 Å². The van der Waals surface area contributed by atoms with Crippen LogP contribution < -0.4 is 0 Å². The second kappa shape index (κ2) is 5.29. The van der Waals surface area contributed by atoms with E-state index < -0.39 is 0 Å². The van der Waals surface area contributed by atoms with Crippen LogP contribution in [-0.4, -0.2) is 36.2 Å². The third kappa shape index (κ3) is 2.35. The minimum Gasteiger partial charge on any atom is -0.379 e. The summed E-state index contributed by atoms with van der Waals surface area (Å²) >= 11 is 1.90. The highest BCUT2D eigenvalue weighted by Crippen LogP contribution is 2.60. The fourth-order valence-electron chi connectivity index (χ4n) is 6.00. The van der Waals surface area contributed by atoms with Gasteiger partial charge in [-0.2, -0.15) is 0 Å². The predicted octanol–water partition coefficient (Wildman–Crippen LogP) is 3.44. The topological polar surface area (TPSA) is 25.4 Å². The number of hydrogen-bond acceptors (Lipinski definition) is 4. The lowest BCUT2D eigenvalue weighted by atomic mass is 9.49. The van der Waals surface area contributed by atoms with E-state index in [9.17, 15) is 0 Å². The Morgan fingerprint density at radius 3 is 2.36 bits per heavy atom. The molecule has 6 rings (SSSR count). The summed E-state index contributed by atoms with van der Waals surface area (Å²) in [5.41, 5.74) is 1.92. The highest BCUT2D eigenvalue weighted by atomic mass is 32.1. The van der Waals surface area contributed by atoms with Crippen molar-refractivity contribution in [1.82, 2.24) is 9.88 Å². The summed E-state index contributed by atoms with van der Waals surface area (Å²) in [4.78, 5) is 7.62. The molecule has 0 spiro atoms. The molecule has 4 saturated carbocycles. The van der Waals surface area contributed by atoms with E-state index in [2.05, 4.69) is 10.3 Å². The first-order valence-electron chi connectivity index (χ1n) is 9.04. The van der Waals surface area contributed by atoms with Gasteiger partial charge in [0.2, 0.25) is 0 Å². The molecule has 0 atom stereocenters. The summed E-state index contributed by atoms with van der Waals surface area (Å²) < 4.78 is 5.45. The summed E-state index contributed by atoms with van der Waals surface area (Å²) in [7, 11) is 0. The molecule has 1 aliphatic heterocycles. The lowest BCUT2D eigenvalue weighted by Crippen LogP contribution is -2.48. The number of ether oxygens (including phenoxy) is 1. The minimum atomic E-state index is 0.467. The lowest BCUT2D eigenvalue weighted by Gasteiger charge is -2.56. The van der Waals surface area contributed by atoms with E-state index in [1.807, 2.05) is 11.3 Å². The third-order valence-corrected chi connectivity index (χ3v) is 7.43. The maximum absolute atomic E-state index is 5.45. The molecule has 5 fully saturated rings. The van der Waals surface area contributed by atoms with E-state index in [-0.39, 0.29) is 0 Å². The standard InChI is InChI=1S/C18H26N2OS/c1-3-21-4-2-20(1)11-17-19-16(12-22-17)18-8-13-5-14(9-18)7-15(6-13)10-18/h12-15H,1-11H2. The van der Waals surface area contributed by atoms with Gasteiger partial charge in [0.1, 0.15) is 5.01 Å². The SMILES string of the molecule is c1sc(CN2CCOCC2)nc1C12CC3CC(CC(C3)C1)C2. The van der Waals surface area contributed by atoms with Gasteiger partial charge >= 0.3 is 0 Å². The zero-order valence-electron chi connectivity index (χ0n) is 13.3. The molecule has 0 aromatic carbocycles. The van der Waals surface area contributed by atoms with Crippen LogP contribution in [0.2, 0.25) is 0 Å². The molecule has 0 N–H and O–H groups in total. The van der Waals surface area contributed by atoms with Crippen LogP contribution in [0.3, 0.4) is 0 Å². The number of aromatic nitrogens is 1. The first-order valence-corrected chi connectivity index (χ1v) is 9.92. The van der Waals surface area contributed by atoms with Crippen molar-refractivity contribution in [3.63, 3.8) is 0 Å². The second-order valence-electron chi connectivity index (χ2n) is 8.21. The van der Waals surface area contributed by atoms with Crippen molar-refractivity contribution in [3.05, 3.63) is 16.1 Å². The van der Waals surface area contributed by atoms with Crippen LogP contribution in [0.4, 0.5) is 0 Å². The normalized spacial score (nSPS) is 41.2. The molecule has 22 heavy (non-hydrogen) atoms.